The Bertz CT molecular complexity index is 990. The molecule has 0 radical (unpaired) electrons. The molecule has 3 aromatic rings. The number of ether oxygens (including phenoxy) is 4. The van der Waals surface area contributed by atoms with Gasteiger partial charge in [-0.3, -0.25) is 0 Å². The van der Waals surface area contributed by atoms with E-state index in [-0.39, 0.29) is 6.03 Å². The highest BCUT2D eigenvalue weighted by molar-refractivity contribution is 5.89. The smallest absolute Gasteiger partial charge is 0.319 e. The van der Waals surface area contributed by atoms with Crippen molar-refractivity contribution in [2.75, 3.05) is 32.8 Å². The molecule has 174 valence electrons. The van der Waals surface area contributed by atoms with Gasteiger partial charge in [0.05, 0.1) is 26.9 Å². The Morgan fingerprint density at radius 1 is 0.788 bits per heavy atom. The Kier molecular flexibility index (Phi) is 9.57. The molecule has 3 rings (SSSR count). The minimum Gasteiger partial charge on any atom is -0.497 e. The SMILES string of the molecule is COCCOc1ccc(CNC(=O)Nc2cccc(COCc3ccc(OC)cc3)c2)cc1. The molecule has 0 bridgehead atoms. The van der Waals surface area contributed by atoms with Crippen LogP contribution >= 0.6 is 0 Å². The van der Waals surface area contributed by atoms with E-state index in [2.05, 4.69) is 10.6 Å². The minimum absolute atomic E-state index is 0.272. The number of hydrogen-bond donors (Lipinski definition) is 2. The number of carbonyl (C=O) groups excluding carboxylic acids is 1. The molecule has 0 heterocycles. The van der Waals surface area contributed by atoms with Crippen LogP contribution in [0.1, 0.15) is 16.7 Å². The van der Waals surface area contributed by atoms with E-state index >= 15 is 0 Å². The lowest BCUT2D eigenvalue weighted by atomic mass is 10.2. The van der Waals surface area contributed by atoms with Crippen molar-refractivity contribution in [3.8, 4) is 11.5 Å². The van der Waals surface area contributed by atoms with Crippen molar-refractivity contribution < 1.29 is 23.7 Å². The number of benzene rings is 3. The van der Waals surface area contributed by atoms with Gasteiger partial charge in [-0.15, -0.1) is 0 Å². The Morgan fingerprint density at radius 2 is 1.48 bits per heavy atom. The van der Waals surface area contributed by atoms with E-state index in [0.29, 0.717) is 38.7 Å². The Balaban J connectivity index is 1.41. The van der Waals surface area contributed by atoms with Crippen LogP contribution < -0.4 is 20.1 Å². The summed E-state index contributed by atoms with van der Waals surface area (Å²) < 4.78 is 21.5. The second kappa shape index (κ2) is 13.1. The van der Waals surface area contributed by atoms with Gasteiger partial charge in [-0.2, -0.15) is 0 Å². The van der Waals surface area contributed by atoms with Gasteiger partial charge in [0.25, 0.3) is 0 Å². The first-order chi connectivity index (χ1) is 16.2. The fourth-order valence-electron chi connectivity index (χ4n) is 3.05. The average Bonchev–Trinajstić information content (AvgIpc) is 2.84. The molecule has 2 amide bonds. The lowest BCUT2D eigenvalue weighted by Crippen LogP contribution is -2.28. The maximum atomic E-state index is 12.3. The number of carbonyl (C=O) groups is 1. The van der Waals surface area contributed by atoms with Gasteiger partial charge in [0.1, 0.15) is 18.1 Å². The van der Waals surface area contributed by atoms with E-state index in [4.69, 9.17) is 18.9 Å². The molecule has 7 nitrogen and oxygen atoms in total. The number of rotatable bonds is 12. The van der Waals surface area contributed by atoms with Crippen molar-refractivity contribution in [3.05, 3.63) is 89.5 Å². The van der Waals surface area contributed by atoms with E-state index in [1.165, 1.54) is 0 Å². The number of urea groups is 1. The molecule has 0 fully saturated rings. The van der Waals surface area contributed by atoms with Gasteiger partial charge in [-0.05, 0) is 53.1 Å². The number of methoxy groups -OCH3 is 2. The van der Waals surface area contributed by atoms with E-state index in [0.717, 1.165) is 28.2 Å². The molecule has 0 aliphatic heterocycles. The van der Waals surface area contributed by atoms with Crippen LogP contribution in [-0.2, 0) is 29.2 Å². The summed E-state index contributed by atoms with van der Waals surface area (Å²) in [6.07, 6.45) is 0. The summed E-state index contributed by atoms with van der Waals surface area (Å²) in [6, 6.07) is 22.7. The Morgan fingerprint density at radius 3 is 2.21 bits per heavy atom. The number of hydrogen-bond acceptors (Lipinski definition) is 5. The van der Waals surface area contributed by atoms with E-state index in [1.807, 2.05) is 72.8 Å². The van der Waals surface area contributed by atoms with Crippen LogP contribution in [0.15, 0.2) is 72.8 Å². The van der Waals surface area contributed by atoms with Crippen molar-refractivity contribution in [2.45, 2.75) is 19.8 Å². The Labute approximate surface area is 194 Å². The molecular weight excluding hydrogens is 420 g/mol. The van der Waals surface area contributed by atoms with Gasteiger partial charge in [0, 0.05) is 19.3 Å². The molecule has 0 spiro atoms. The van der Waals surface area contributed by atoms with Crippen LogP contribution in [0.2, 0.25) is 0 Å². The second-order valence-corrected chi connectivity index (χ2v) is 7.33. The Hall–Kier alpha value is -3.55. The zero-order valence-corrected chi connectivity index (χ0v) is 19.0. The van der Waals surface area contributed by atoms with E-state index in [1.54, 1.807) is 14.2 Å². The summed E-state index contributed by atoms with van der Waals surface area (Å²) in [5.41, 5.74) is 3.73. The van der Waals surface area contributed by atoms with Crippen molar-refractivity contribution in [1.29, 1.82) is 0 Å². The first-order valence-corrected chi connectivity index (χ1v) is 10.7. The van der Waals surface area contributed by atoms with Gasteiger partial charge >= 0.3 is 6.03 Å². The summed E-state index contributed by atoms with van der Waals surface area (Å²) in [4.78, 5) is 12.3. The van der Waals surface area contributed by atoms with Crippen molar-refractivity contribution >= 4 is 11.7 Å². The van der Waals surface area contributed by atoms with E-state index in [9.17, 15) is 4.79 Å². The summed E-state index contributed by atoms with van der Waals surface area (Å²) in [5, 5.41) is 5.72. The maximum absolute atomic E-state index is 12.3. The molecule has 0 aliphatic carbocycles. The van der Waals surface area contributed by atoms with Gasteiger partial charge in [-0.1, -0.05) is 36.4 Å². The normalized spacial score (nSPS) is 10.5. The fourth-order valence-corrected chi connectivity index (χ4v) is 3.05. The zero-order chi connectivity index (χ0) is 23.3. The predicted octanol–water partition coefficient (Wildman–Crippen LogP) is 4.76. The third-order valence-electron chi connectivity index (χ3n) is 4.81. The first-order valence-electron chi connectivity index (χ1n) is 10.7. The van der Waals surface area contributed by atoms with Crippen LogP contribution in [0.25, 0.3) is 0 Å². The minimum atomic E-state index is -0.272. The predicted molar refractivity (Wildman–Crippen MR) is 128 cm³/mol. The van der Waals surface area contributed by atoms with Crippen LogP contribution in [0.5, 0.6) is 11.5 Å². The summed E-state index contributed by atoms with van der Waals surface area (Å²) in [6.45, 7) is 2.40. The molecule has 0 saturated carbocycles. The third-order valence-corrected chi connectivity index (χ3v) is 4.81. The highest BCUT2D eigenvalue weighted by Gasteiger charge is 2.04. The summed E-state index contributed by atoms with van der Waals surface area (Å²) in [7, 11) is 3.28. The lowest BCUT2D eigenvalue weighted by molar-refractivity contribution is 0.107. The van der Waals surface area contributed by atoms with Crippen molar-refractivity contribution in [1.82, 2.24) is 5.32 Å². The quantitative estimate of drug-likeness (QED) is 0.389. The molecule has 3 aromatic carbocycles. The van der Waals surface area contributed by atoms with Crippen LogP contribution in [0.3, 0.4) is 0 Å². The average molecular weight is 451 g/mol. The van der Waals surface area contributed by atoms with Crippen LogP contribution in [0, 0.1) is 0 Å². The molecular formula is C26H30N2O5. The number of nitrogens with one attached hydrogen (secondary N) is 2. The van der Waals surface area contributed by atoms with Crippen LogP contribution in [0.4, 0.5) is 10.5 Å². The molecule has 0 saturated heterocycles. The first kappa shape index (κ1) is 24.1. The lowest BCUT2D eigenvalue weighted by Gasteiger charge is -2.10. The zero-order valence-electron chi connectivity index (χ0n) is 19.0. The fraction of sp³-hybridized carbons (Fsp3) is 0.269. The topological polar surface area (TPSA) is 78.1 Å². The number of anilines is 1. The molecule has 0 aliphatic rings. The largest absolute Gasteiger partial charge is 0.497 e. The molecule has 0 atom stereocenters. The third kappa shape index (κ3) is 8.48. The highest BCUT2D eigenvalue weighted by atomic mass is 16.5. The standard InChI is InChI=1S/C26H30N2O5/c1-30-14-15-33-25-12-6-20(7-13-25)17-27-26(29)28-23-5-3-4-22(16-23)19-32-18-21-8-10-24(31-2)11-9-21/h3-13,16H,14-15,17-19H2,1-2H3,(H2,27,28,29). The monoisotopic (exact) mass is 450 g/mol. The second-order valence-electron chi connectivity index (χ2n) is 7.33. The number of amides is 2. The summed E-state index contributed by atoms with van der Waals surface area (Å²) in [5.74, 6) is 1.59. The van der Waals surface area contributed by atoms with Crippen LogP contribution in [-0.4, -0.2) is 33.5 Å². The molecule has 0 aromatic heterocycles. The molecule has 7 heteroatoms. The van der Waals surface area contributed by atoms with Gasteiger partial charge in [-0.25, -0.2) is 4.79 Å². The highest BCUT2D eigenvalue weighted by Crippen LogP contribution is 2.15. The molecule has 2 N–H and O–H groups in total. The van der Waals surface area contributed by atoms with Gasteiger partial charge < -0.3 is 29.6 Å². The molecule has 33 heavy (non-hydrogen) atoms. The van der Waals surface area contributed by atoms with Gasteiger partial charge in [0.15, 0.2) is 0 Å². The van der Waals surface area contributed by atoms with Gasteiger partial charge in [0.2, 0.25) is 0 Å². The van der Waals surface area contributed by atoms with E-state index < -0.39 is 0 Å². The summed E-state index contributed by atoms with van der Waals surface area (Å²) >= 11 is 0. The van der Waals surface area contributed by atoms with Crippen molar-refractivity contribution in [3.63, 3.8) is 0 Å². The molecule has 0 unspecified atom stereocenters. The maximum Gasteiger partial charge on any atom is 0.319 e. The van der Waals surface area contributed by atoms with Crippen molar-refractivity contribution in [2.24, 2.45) is 0 Å².